The van der Waals surface area contributed by atoms with E-state index in [4.69, 9.17) is 9.47 Å². The molecule has 0 amide bonds. The first-order chi connectivity index (χ1) is 8.61. The molecule has 1 saturated carbocycles. The van der Waals surface area contributed by atoms with Gasteiger partial charge in [0.15, 0.2) is 0 Å². The average Bonchev–Trinajstić information content (AvgIpc) is 2.38. The van der Waals surface area contributed by atoms with Crippen LogP contribution >= 0.6 is 0 Å². The number of hydrogen-bond donors (Lipinski definition) is 1. The molecular formula is C14H19FO3. The van der Waals surface area contributed by atoms with Crippen molar-refractivity contribution in [2.75, 3.05) is 14.2 Å². The molecule has 3 nitrogen and oxygen atoms in total. The molecule has 2 unspecified atom stereocenters. The average molecular weight is 254 g/mol. The number of aliphatic hydroxyl groups is 1. The zero-order valence-corrected chi connectivity index (χ0v) is 10.8. The molecule has 1 fully saturated rings. The molecule has 1 aromatic carbocycles. The third kappa shape index (κ3) is 2.22. The second kappa shape index (κ2) is 5.24. The predicted octanol–water partition coefficient (Wildman–Crippen LogP) is 2.61. The van der Waals surface area contributed by atoms with Crippen molar-refractivity contribution < 1.29 is 19.0 Å². The monoisotopic (exact) mass is 254 g/mol. The second-order valence-corrected chi connectivity index (χ2v) is 4.74. The van der Waals surface area contributed by atoms with E-state index in [1.807, 2.05) is 0 Å². The lowest BCUT2D eigenvalue weighted by Crippen LogP contribution is -2.44. The Morgan fingerprint density at radius 3 is 2.72 bits per heavy atom. The highest BCUT2D eigenvalue weighted by molar-refractivity contribution is 5.33. The molecule has 0 aromatic heterocycles. The number of benzene rings is 1. The van der Waals surface area contributed by atoms with Gasteiger partial charge in [-0.3, -0.25) is 0 Å². The Balaban J connectivity index is 2.38. The number of ether oxygens (including phenoxy) is 2. The minimum Gasteiger partial charge on any atom is -0.497 e. The van der Waals surface area contributed by atoms with Gasteiger partial charge >= 0.3 is 0 Å². The summed E-state index contributed by atoms with van der Waals surface area (Å²) in [5, 5.41) is 10.7. The number of hydrogen-bond acceptors (Lipinski definition) is 3. The number of halogens is 1. The van der Waals surface area contributed by atoms with Gasteiger partial charge in [-0.1, -0.05) is 12.8 Å². The molecule has 0 spiro atoms. The van der Waals surface area contributed by atoms with Crippen molar-refractivity contribution in [2.45, 2.75) is 37.4 Å². The maximum Gasteiger partial charge on any atom is 0.133 e. The molecule has 0 bridgehead atoms. The minimum absolute atomic E-state index is 0.301. The Bertz CT molecular complexity index is 422. The summed E-state index contributed by atoms with van der Waals surface area (Å²) in [7, 11) is 3.05. The van der Waals surface area contributed by atoms with Crippen LogP contribution in [0.4, 0.5) is 4.39 Å². The van der Waals surface area contributed by atoms with E-state index in [1.165, 1.54) is 13.2 Å². The fourth-order valence-electron chi connectivity index (χ4n) is 2.72. The molecule has 0 radical (unpaired) electrons. The summed E-state index contributed by atoms with van der Waals surface area (Å²) >= 11 is 0. The Morgan fingerprint density at radius 2 is 2.11 bits per heavy atom. The summed E-state index contributed by atoms with van der Waals surface area (Å²) in [6, 6.07) is 4.55. The topological polar surface area (TPSA) is 38.7 Å². The van der Waals surface area contributed by atoms with Crippen molar-refractivity contribution in [1.82, 2.24) is 0 Å². The quantitative estimate of drug-likeness (QED) is 0.901. The second-order valence-electron chi connectivity index (χ2n) is 4.74. The largest absolute Gasteiger partial charge is 0.497 e. The lowest BCUT2D eigenvalue weighted by molar-refractivity contribution is -0.124. The summed E-state index contributed by atoms with van der Waals surface area (Å²) < 4.78 is 24.4. The van der Waals surface area contributed by atoms with E-state index in [0.717, 1.165) is 19.3 Å². The molecule has 1 aliphatic carbocycles. The normalized spacial score (nSPS) is 28.1. The maximum absolute atomic E-state index is 14.1. The van der Waals surface area contributed by atoms with Crippen LogP contribution in [-0.4, -0.2) is 25.4 Å². The lowest BCUT2D eigenvalue weighted by atomic mass is 9.77. The van der Waals surface area contributed by atoms with E-state index >= 15 is 0 Å². The third-order valence-corrected chi connectivity index (χ3v) is 3.73. The molecule has 1 aliphatic rings. The van der Waals surface area contributed by atoms with Crippen LogP contribution in [-0.2, 0) is 10.3 Å². The first-order valence-corrected chi connectivity index (χ1v) is 6.21. The van der Waals surface area contributed by atoms with E-state index < -0.39 is 11.4 Å². The molecule has 2 atom stereocenters. The first kappa shape index (κ1) is 13.3. The van der Waals surface area contributed by atoms with Gasteiger partial charge in [0.1, 0.15) is 17.2 Å². The van der Waals surface area contributed by atoms with Gasteiger partial charge < -0.3 is 14.6 Å². The molecule has 0 heterocycles. The number of rotatable bonds is 3. The minimum atomic E-state index is -1.23. The highest BCUT2D eigenvalue weighted by Gasteiger charge is 2.42. The Kier molecular flexibility index (Phi) is 3.88. The van der Waals surface area contributed by atoms with Crippen molar-refractivity contribution in [3.8, 4) is 5.75 Å². The van der Waals surface area contributed by atoms with Crippen LogP contribution in [0.2, 0.25) is 0 Å². The highest BCUT2D eigenvalue weighted by Crippen LogP contribution is 2.40. The van der Waals surface area contributed by atoms with E-state index in [-0.39, 0.29) is 6.10 Å². The standard InChI is InChI=1S/C14H19FO3/c1-17-10-6-7-11(12(15)9-10)14(16)8-4-3-5-13(14)18-2/h6-7,9,13,16H,3-5,8H2,1-2H3. The van der Waals surface area contributed by atoms with E-state index in [2.05, 4.69) is 0 Å². The zero-order chi connectivity index (χ0) is 13.2. The Hall–Kier alpha value is -1.13. The Labute approximate surface area is 107 Å². The van der Waals surface area contributed by atoms with E-state index in [9.17, 15) is 9.50 Å². The summed E-state index contributed by atoms with van der Waals surface area (Å²) in [6.07, 6.45) is 2.79. The van der Waals surface area contributed by atoms with Crippen LogP contribution in [0.25, 0.3) is 0 Å². The smallest absolute Gasteiger partial charge is 0.133 e. The summed E-state index contributed by atoms with van der Waals surface area (Å²) in [6.45, 7) is 0. The molecule has 100 valence electrons. The maximum atomic E-state index is 14.1. The van der Waals surface area contributed by atoms with Crippen LogP contribution in [0.1, 0.15) is 31.2 Å². The van der Waals surface area contributed by atoms with Gasteiger partial charge in [-0.05, 0) is 25.0 Å². The third-order valence-electron chi connectivity index (χ3n) is 3.73. The molecule has 2 rings (SSSR count). The van der Waals surface area contributed by atoms with Gasteiger partial charge in [0, 0.05) is 18.7 Å². The van der Waals surface area contributed by atoms with Crippen molar-refractivity contribution in [3.63, 3.8) is 0 Å². The molecule has 0 saturated heterocycles. The SMILES string of the molecule is COc1ccc(C2(O)CCCCC2OC)c(F)c1. The predicted molar refractivity (Wildman–Crippen MR) is 66.1 cm³/mol. The molecule has 1 aromatic rings. The van der Waals surface area contributed by atoms with Crippen LogP contribution in [0.15, 0.2) is 18.2 Å². The molecule has 4 heteroatoms. The van der Waals surface area contributed by atoms with Crippen LogP contribution in [0, 0.1) is 5.82 Å². The lowest BCUT2D eigenvalue weighted by Gasteiger charge is -2.39. The first-order valence-electron chi connectivity index (χ1n) is 6.21. The molecular weight excluding hydrogens is 235 g/mol. The Morgan fingerprint density at radius 1 is 1.33 bits per heavy atom. The van der Waals surface area contributed by atoms with Gasteiger partial charge in [-0.25, -0.2) is 4.39 Å². The van der Waals surface area contributed by atoms with Gasteiger partial charge in [0.05, 0.1) is 13.2 Å². The summed E-state index contributed by atoms with van der Waals surface area (Å²) in [4.78, 5) is 0. The van der Waals surface area contributed by atoms with Gasteiger partial charge in [0.25, 0.3) is 0 Å². The highest BCUT2D eigenvalue weighted by atomic mass is 19.1. The van der Waals surface area contributed by atoms with Crippen molar-refractivity contribution in [2.24, 2.45) is 0 Å². The molecule has 1 N–H and O–H groups in total. The fourth-order valence-corrected chi connectivity index (χ4v) is 2.72. The molecule has 0 aliphatic heterocycles. The number of methoxy groups -OCH3 is 2. The van der Waals surface area contributed by atoms with Gasteiger partial charge in [-0.2, -0.15) is 0 Å². The molecule has 18 heavy (non-hydrogen) atoms. The van der Waals surface area contributed by atoms with E-state index in [1.54, 1.807) is 19.2 Å². The summed E-state index contributed by atoms with van der Waals surface area (Å²) in [5.74, 6) is 0.00502. The van der Waals surface area contributed by atoms with Crippen LogP contribution in [0.3, 0.4) is 0 Å². The van der Waals surface area contributed by atoms with E-state index in [0.29, 0.717) is 17.7 Å². The van der Waals surface area contributed by atoms with Gasteiger partial charge in [0.2, 0.25) is 0 Å². The summed E-state index contributed by atoms with van der Waals surface area (Å²) in [5.41, 5.74) is -0.932. The van der Waals surface area contributed by atoms with Crippen molar-refractivity contribution >= 4 is 0 Å². The zero-order valence-electron chi connectivity index (χ0n) is 10.8. The van der Waals surface area contributed by atoms with Gasteiger partial charge in [-0.15, -0.1) is 0 Å². The van der Waals surface area contributed by atoms with Crippen molar-refractivity contribution in [1.29, 1.82) is 0 Å². The fraction of sp³-hybridized carbons (Fsp3) is 0.571. The van der Waals surface area contributed by atoms with Crippen LogP contribution < -0.4 is 4.74 Å². The van der Waals surface area contributed by atoms with Crippen LogP contribution in [0.5, 0.6) is 5.75 Å². The van der Waals surface area contributed by atoms with Crippen molar-refractivity contribution in [3.05, 3.63) is 29.6 Å².